The van der Waals surface area contributed by atoms with Crippen LogP contribution in [0.15, 0.2) is 224 Å². The lowest BCUT2D eigenvalue weighted by molar-refractivity contribution is 1.30. The van der Waals surface area contributed by atoms with Gasteiger partial charge in [0.05, 0.1) is 28.1 Å². The molecule has 0 fully saturated rings. The summed E-state index contributed by atoms with van der Waals surface area (Å²) in [6.07, 6.45) is 0. The smallest absolute Gasteiger partial charge is 0.0979 e. The van der Waals surface area contributed by atoms with E-state index in [0.29, 0.717) is 0 Å². The highest BCUT2D eigenvalue weighted by Gasteiger charge is 2.19. The Balaban J connectivity index is 1.05. The number of aromatic nitrogens is 2. The summed E-state index contributed by atoms with van der Waals surface area (Å²) >= 11 is 0. The molecule has 0 amide bonds. The summed E-state index contributed by atoms with van der Waals surface area (Å²) in [5, 5.41) is 6.97. The number of benzene rings is 10. The molecule has 11 aromatic rings. The molecule has 0 unspecified atom stereocenters. The first-order chi connectivity index (χ1) is 29.3. The highest BCUT2D eigenvalue weighted by Crippen LogP contribution is 2.43. The van der Waals surface area contributed by atoms with Gasteiger partial charge in [-0.25, -0.2) is 9.97 Å². The molecule has 3 heteroatoms. The van der Waals surface area contributed by atoms with E-state index in [1.54, 1.807) is 0 Å². The van der Waals surface area contributed by atoms with Crippen molar-refractivity contribution in [3.05, 3.63) is 224 Å². The third-order valence-electron chi connectivity index (χ3n) is 11.4. The van der Waals surface area contributed by atoms with E-state index in [9.17, 15) is 0 Å². The molecule has 1 heterocycles. The quantitative estimate of drug-likeness (QED) is 0.152. The van der Waals surface area contributed by atoms with E-state index in [4.69, 9.17) is 9.97 Å². The number of nitrogens with zero attached hydrogens (tertiary/aromatic N) is 3. The molecule has 0 saturated carbocycles. The Labute approximate surface area is 343 Å². The summed E-state index contributed by atoms with van der Waals surface area (Å²) in [6, 6.07) is 79.8. The van der Waals surface area contributed by atoms with E-state index in [0.717, 1.165) is 72.2 Å². The molecular weight excluding hydrogens is 715 g/mol. The third-order valence-corrected chi connectivity index (χ3v) is 11.4. The van der Waals surface area contributed by atoms with E-state index in [-0.39, 0.29) is 0 Å². The van der Waals surface area contributed by atoms with Crippen molar-refractivity contribution < 1.29 is 0 Å². The van der Waals surface area contributed by atoms with Crippen LogP contribution >= 0.6 is 0 Å². The van der Waals surface area contributed by atoms with Crippen LogP contribution in [0.3, 0.4) is 0 Å². The van der Waals surface area contributed by atoms with Gasteiger partial charge in [-0.1, -0.05) is 182 Å². The van der Waals surface area contributed by atoms with Crippen LogP contribution in [-0.2, 0) is 0 Å². The lowest BCUT2D eigenvalue weighted by Crippen LogP contribution is -2.10. The number of hydrogen-bond donors (Lipinski definition) is 0. The van der Waals surface area contributed by atoms with Gasteiger partial charge in [-0.2, -0.15) is 0 Å². The first-order valence-corrected chi connectivity index (χ1v) is 20.1. The van der Waals surface area contributed by atoms with Gasteiger partial charge in [0, 0.05) is 33.3 Å². The van der Waals surface area contributed by atoms with Crippen LogP contribution in [0.5, 0.6) is 0 Å². The topological polar surface area (TPSA) is 29.0 Å². The first kappa shape index (κ1) is 34.4. The maximum Gasteiger partial charge on any atom is 0.0979 e. The molecule has 11 rings (SSSR count). The normalized spacial score (nSPS) is 11.4. The average Bonchev–Trinajstić information content (AvgIpc) is 3.32. The summed E-state index contributed by atoms with van der Waals surface area (Å²) in [7, 11) is 0. The first-order valence-electron chi connectivity index (χ1n) is 20.1. The number of fused-ring (bicyclic) bond motifs is 6. The highest BCUT2D eigenvalue weighted by atomic mass is 15.1. The molecule has 0 bridgehead atoms. The standard InChI is InChI=1S/C56H37N3/c1-5-15-38(16-6-1)39-27-31-46(32-28-39)59(45-21-11-4-12-22-45)52-36-34-47(49-23-13-14-24-50(49)52)43-29-33-48-44(37-43)26-25-40-30-35-51-56(53(40)48)58-55(42-19-9-3-10-20-42)54(57-51)41-17-7-2-8-18-41/h1-37H. The van der Waals surface area contributed by atoms with Crippen LogP contribution in [0.4, 0.5) is 17.1 Å². The second kappa shape index (κ2) is 14.6. The van der Waals surface area contributed by atoms with Crippen molar-refractivity contribution >= 4 is 60.4 Å². The summed E-state index contributed by atoms with van der Waals surface area (Å²) < 4.78 is 0. The van der Waals surface area contributed by atoms with Gasteiger partial charge in [0.1, 0.15) is 0 Å². The second-order valence-electron chi connectivity index (χ2n) is 14.9. The fourth-order valence-corrected chi connectivity index (χ4v) is 8.60. The van der Waals surface area contributed by atoms with E-state index in [2.05, 4.69) is 217 Å². The average molecular weight is 752 g/mol. The fraction of sp³-hybridized carbons (Fsp3) is 0. The van der Waals surface area contributed by atoms with Crippen molar-refractivity contribution in [2.45, 2.75) is 0 Å². The Morgan fingerprint density at radius 1 is 0.322 bits per heavy atom. The Morgan fingerprint density at radius 2 is 0.847 bits per heavy atom. The molecule has 0 aliphatic rings. The van der Waals surface area contributed by atoms with Crippen LogP contribution in [0.25, 0.3) is 88.1 Å². The van der Waals surface area contributed by atoms with Crippen molar-refractivity contribution in [2.24, 2.45) is 0 Å². The molecule has 276 valence electrons. The van der Waals surface area contributed by atoms with Crippen LogP contribution in [0, 0.1) is 0 Å². The minimum atomic E-state index is 0.881. The highest BCUT2D eigenvalue weighted by molar-refractivity contribution is 6.19. The number of rotatable bonds is 7. The lowest BCUT2D eigenvalue weighted by atomic mass is 9.93. The van der Waals surface area contributed by atoms with Gasteiger partial charge in [0.2, 0.25) is 0 Å². The minimum Gasteiger partial charge on any atom is -0.310 e. The summed E-state index contributed by atoms with van der Waals surface area (Å²) in [4.78, 5) is 13.1. The van der Waals surface area contributed by atoms with Gasteiger partial charge in [-0.3, -0.25) is 0 Å². The monoisotopic (exact) mass is 751 g/mol. The predicted molar refractivity (Wildman–Crippen MR) is 248 cm³/mol. The molecule has 0 radical (unpaired) electrons. The van der Waals surface area contributed by atoms with Crippen molar-refractivity contribution in [3.63, 3.8) is 0 Å². The number of para-hydroxylation sites is 1. The van der Waals surface area contributed by atoms with Crippen LogP contribution < -0.4 is 4.90 Å². The minimum absolute atomic E-state index is 0.881. The van der Waals surface area contributed by atoms with Crippen LogP contribution in [-0.4, -0.2) is 9.97 Å². The van der Waals surface area contributed by atoms with Crippen molar-refractivity contribution in [2.75, 3.05) is 4.90 Å². The van der Waals surface area contributed by atoms with Crippen molar-refractivity contribution in [1.29, 1.82) is 0 Å². The second-order valence-corrected chi connectivity index (χ2v) is 14.9. The van der Waals surface area contributed by atoms with Crippen molar-refractivity contribution in [1.82, 2.24) is 9.97 Å². The number of anilines is 3. The molecule has 59 heavy (non-hydrogen) atoms. The molecule has 0 aliphatic carbocycles. The maximum absolute atomic E-state index is 5.45. The Morgan fingerprint density at radius 3 is 1.54 bits per heavy atom. The van der Waals surface area contributed by atoms with Gasteiger partial charge in [-0.15, -0.1) is 0 Å². The number of hydrogen-bond acceptors (Lipinski definition) is 3. The van der Waals surface area contributed by atoms with E-state index in [1.807, 2.05) is 12.1 Å². The SMILES string of the molecule is c1ccc(-c2ccc(N(c3ccccc3)c3ccc(-c4ccc5c(ccc6ccc7nc(-c8ccccc8)c(-c8ccccc8)nc7c65)c4)c4ccccc34)cc2)cc1. The van der Waals surface area contributed by atoms with E-state index < -0.39 is 0 Å². The molecular formula is C56H37N3. The van der Waals surface area contributed by atoms with Gasteiger partial charge in [0.25, 0.3) is 0 Å². The summed E-state index contributed by atoms with van der Waals surface area (Å²) in [5.74, 6) is 0. The molecule has 0 aliphatic heterocycles. The molecule has 1 aromatic heterocycles. The third kappa shape index (κ3) is 6.17. The van der Waals surface area contributed by atoms with E-state index in [1.165, 1.54) is 33.0 Å². The van der Waals surface area contributed by atoms with Crippen LogP contribution in [0.2, 0.25) is 0 Å². The molecule has 0 atom stereocenters. The maximum atomic E-state index is 5.45. The zero-order valence-corrected chi connectivity index (χ0v) is 32.2. The fourth-order valence-electron chi connectivity index (χ4n) is 8.60. The van der Waals surface area contributed by atoms with Gasteiger partial charge in [0.15, 0.2) is 0 Å². The van der Waals surface area contributed by atoms with E-state index >= 15 is 0 Å². The summed E-state index contributed by atoms with van der Waals surface area (Å²) in [5.41, 5.74) is 13.8. The Kier molecular flexibility index (Phi) is 8.49. The van der Waals surface area contributed by atoms with Gasteiger partial charge in [-0.05, 0) is 86.3 Å². The molecule has 3 nitrogen and oxygen atoms in total. The lowest BCUT2D eigenvalue weighted by Gasteiger charge is -2.27. The molecule has 0 N–H and O–H groups in total. The van der Waals surface area contributed by atoms with Gasteiger partial charge >= 0.3 is 0 Å². The Hall–Kier alpha value is -7.88. The molecule has 10 aromatic carbocycles. The summed E-state index contributed by atoms with van der Waals surface area (Å²) in [6.45, 7) is 0. The van der Waals surface area contributed by atoms with Crippen LogP contribution in [0.1, 0.15) is 0 Å². The predicted octanol–water partition coefficient (Wildman–Crippen LogP) is 15.2. The largest absolute Gasteiger partial charge is 0.310 e. The molecule has 0 saturated heterocycles. The molecule has 0 spiro atoms. The zero-order valence-electron chi connectivity index (χ0n) is 32.2. The zero-order chi connectivity index (χ0) is 39.1. The van der Waals surface area contributed by atoms with Gasteiger partial charge < -0.3 is 4.90 Å². The van der Waals surface area contributed by atoms with Crippen molar-refractivity contribution in [3.8, 4) is 44.8 Å². The Bertz CT molecular complexity index is 3290.